The molecule has 3 aromatic rings. The van der Waals surface area contributed by atoms with Crippen molar-refractivity contribution in [3.63, 3.8) is 0 Å². The van der Waals surface area contributed by atoms with Crippen LogP contribution < -0.4 is 10.1 Å². The average Bonchev–Trinajstić information content (AvgIpc) is 3.38. The van der Waals surface area contributed by atoms with Gasteiger partial charge in [0, 0.05) is 44.7 Å². The third-order valence-electron chi connectivity index (χ3n) is 6.81. The zero-order valence-electron chi connectivity index (χ0n) is 19.9. The molecule has 1 saturated heterocycles. The zero-order valence-corrected chi connectivity index (χ0v) is 19.9. The summed E-state index contributed by atoms with van der Waals surface area (Å²) in [5, 5.41) is 3.07. The summed E-state index contributed by atoms with van der Waals surface area (Å²) >= 11 is 0. The number of hydrogen-bond donors (Lipinski definition) is 1. The highest BCUT2D eigenvalue weighted by atomic mass is 16.5. The molecule has 2 aliphatic heterocycles. The second-order valence-electron chi connectivity index (χ2n) is 9.20. The molecule has 0 saturated carbocycles. The molecular weight excluding hydrogens is 438 g/mol. The molecule has 0 unspecified atom stereocenters. The van der Waals surface area contributed by atoms with Crippen LogP contribution in [0.2, 0.25) is 0 Å². The van der Waals surface area contributed by atoms with Gasteiger partial charge in [-0.15, -0.1) is 0 Å². The maximum atomic E-state index is 13.2. The van der Waals surface area contributed by atoms with E-state index in [1.54, 1.807) is 12.1 Å². The van der Waals surface area contributed by atoms with Crippen LogP contribution in [0.4, 0.5) is 0 Å². The normalized spacial score (nSPS) is 16.3. The molecule has 2 aliphatic rings. The third-order valence-corrected chi connectivity index (χ3v) is 6.81. The van der Waals surface area contributed by atoms with Crippen LogP contribution in [0, 0.1) is 0 Å². The number of rotatable bonds is 7. The predicted molar refractivity (Wildman–Crippen MR) is 135 cm³/mol. The fraction of sp³-hybridized carbons (Fsp3) is 0.310. The Morgan fingerprint density at radius 2 is 1.60 bits per heavy atom. The number of ether oxygens (including phenoxy) is 1. The molecule has 0 spiro atoms. The van der Waals surface area contributed by atoms with Gasteiger partial charge in [0.1, 0.15) is 5.75 Å². The van der Waals surface area contributed by atoms with Crippen molar-refractivity contribution in [2.75, 3.05) is 32.8 Å². The third kappa shape index (κ3) is 5.72. The summed E-state index contributed by atoms with van der Waals surface area (Å²) in [6.45, 7) is 4.73. The van der Waals surface area contributed by atoms with E-state index in [9.17, 15) is 9.59 Å². The number of hydrogen-bond acceptors (Lipinski definition) is 4. The smallest absolute Gasteiger partial charge is 0.251 e. The molecule has 2 amide bonds. The Bertz CT molecular complexity index is 1160. The molecule has 1 fully saturated rings. The Hall–Kier alpha value is -3.64. The van der Waals surface area contributed by atoms with Gasteiger partial charge in [0.15, 0.2) is 0 Å². The quantitative estimate of drug-likeness (QED) is 0.571. The van der Waals surface area contributed by atoms with Crippen LogP contribution in [0.1, 0.15) is 39.5 Å². The highest BCUT2D eigenvalue weighted by molar-refractivity contribution is 5.94. The second kappa shape index (κ2) is 10.7. The van der Waals surface area contributed by atoms with Gasteiger partial charge in [-0.3, -0.25) is 14.5 Å². The van der Waals surface area contributed by atoms with Crippen LogP contribution in [-0.2, 0) is 17.8 Å². The number of benzene rings is 3. The number of fused-ring (bicyclic) bond motifs is 1. The standard InChI is InChI=1S/C29H31N3O3/c33-28(20-26(23-7-3-1-4-8-23)30-29(34)24-9-5-2-6-10-24)32-16-14-31(15-17-32)21-22-11-12-27-25(19-22)13-18-35-27/h1-12,19,26H,13-18,20-21H2,(H,30,34)/t26-/m0/s1. The average molecular weight is 470 g/mol. The lowest BCUT2D eigenvalue weighted by atomic mass is 10.0. The van der Waals surface area contributed by atoms with Crippen molar-refractivity contribution < 1.29 is 14.3 Å². The molecule has 0 aromatic heterocycles. The first-order valence-electron chi connectivity index (χ1n) is 12.3. The van der Waals surface area contributed by atoms with E-state index in [-0.39, 0.29) is 24.3 Å². The second-order valence-corrected chi connectivity index (χ2v) is 9.20. The minimum Gasteiger partial charge on any atom is -0.493 e. The Balaban J connectivity index is 1.18. The molecule has 3 aromatic carbocycles. The summed E-state index contributed by atoms with van der Waals surface area (Å²) in [6, 6.07) is 25.0. The molecule has 0 radical (unpaired) electrons. The van der Waals surface area contributed by atoms with Crippen molar-refractivity contribution in [1.82, 2.24) is 15.1 Å². The number of nitrogens with one attached hydrogen (secondary N) is 1. The van der Waals surface area contributed by atoms with Crippen molar-refractivity contribution in [2.45, 2.75) is 25.4 Å². The Morgan fingerprint density at radius 1 is 0.886 bits per heavy atom. The summed E-state index contributed by atoms with van der Waals surface area (Å²) in [6.07, 6.45) is 1.22. The van der Waals surface area contributed by atoms with Crippen molar-refractivity contribution in [1.29, 1.82) is 0 Å². The molecule has 1 N–H and O–H groups in total. The van der Waals surface area contributed by atoms with Gasteiger partial charge in [0.05, 0.1) is 19.1 Å². The molecular formula is C29H31N3O3. The van der Waals surface area contributed by atoms with Gasteiger partial charge in [-0.05, 0) is 34.9 Å². The topological polar surface area (TPSA) is 61.9 Å². The summed E-state index contributed by atoms with van der Waals surface area (Å²) in [7, 11) is 0. The van der Waals surface area contributed by atoms with E-state index in [1.807, 2.05) is 53.4 Å². The monoisotopic (exact) mass is 469 g/mol. The summed E-state index contributed by atoms with van der Waals surface area (Å²) in [4.78, 5) is 30.4. The molecule has 0 aliphatic carbocycles. The molecule has 6 nitrogen and oxygen atoms in total. The van der Waals surface area contributed by atoms with E-state index in [2.05, 4.69) is 28.4 Å². The maximum absolute atomic E-state index is 13.2. The molecule has 0 bridgehead atoms. The van der Waals surface area contributed by atoms with Crippen LogP contribution in [0.3, 0.4) is 0 Å². The minimum atomic E-state index is -0.372. The van der Waals surface area contributed by atoms with Gasteiger partial charge in [0.2, 0.25) is 5.91 Å². The largest absolute Gasteiger partial charge is 0.493 e. The van der Waals surface area contributed by atoms with E-state index in [1.165, 1.54) is 11.1 Å². The Labute approximate surface area is 206 Å². The fourth-order valence-corrected chi connectivity index (χ4v) is 4.82. The van der Waals surface area contributed by atoms with E-state index in [4.69, 9.17) is 4.74 Å². The number of carbonyl (C=O) groups excluding carboxylic acids is 2. The van der Waals surface area contributed by atoms with E-state index < -0.39 is 0 Å². The fourth-order valence-electron chi connectivity index (χ4n) is 4.82. The highest BCUT2D eigenvalue weighted by Gasteiger charge is 2.26. The Morgan fingerprint density at radius 3 is 2.34 bits per heavy atom. The molecule has 1 atom stereocenters. The van der Waals surface area contributed by atoms with Crippen LogP contribution in [0.15, 0.2) is 78.9 Å². The highest BCUT2D eigenvalue weighted by Crippen LogP contribution is 2.26. The van der Waals surface area contributed by atoms with Crippen LogP contribution in [-0.4, -0.2) is 54.4 Å². The van der Waals surface area contributed by atoms with Crippen LogP contribution >= 0.6 is 0 Å². The predicted octanol–water partition coefficient (Wildman–Crippen LogP) is 3.83. The Kier molecular flexibility index (Phi) is 7.09. The lowest BCUT2D eigenvalue weighted by molar-refractivity contribution is -0.133. The van der Waals surface area contributed by atoms with Gasteiger partial charge in [0.25, 0.3) is 5.91 Å². The lowest BCUT2D eigenvalue weighted by Gasteiger charge is -2.35. The number of amides is 2. The molecule has 35 heavy (non-hydrogen) atoms. The van der Waals surface area contributed by atoms with Gasteiger partial charge < -0.3 is 15.0 Å². The summed E-state index contributed by atoms with van der Waals surface area (Å²) < 4.78 is 5.61. The van der Waals surface area contributed by atoms with Crippen molar-refractivity contribution >= 4 is 11.8 Å². The maximum Gasteiger partial charge on any atom is 0.251 e. The molecule has 5 rings (SSSR count). The number of nitrogens with zero attached hydrogens (tertiary/aromatic N) is 2. The summed E-state index contributed by atoms with van der Waals surface area (Å²) in [5.74, 6) is 0.912. The first kappa shape index (κ1) is 23.1. The SMILES string of the molecule is O=C(N[C@@H](CC(=O)N1CCN(Cc2ccc3c(c2)CCO3)CC1)c1ccccc1)c1ccccc1. The van der Waals surface area contributed by atoms with Crippen molar-refractivity contribution in [2.24, 2.45) is 0 Å². The number of carbonyl (C=O) groups is 2. The lowest BCUT2D eigenvalue weighted by Crippen LogP contribution is -2.49. The van der Waals surface area contributed by atoms with Crippen LogP contribution in [0.25, 0.3) is 0 Å². The van der Waals surface area contributed by atoms with Gasteiger partial charge in [-0.2, -0.15) is 0 Å². The first-order valence-corrected chi connectivity index (χ1v) is 12.3. The molecule has 2 heterocycles. The molecule has 180 valence electrons. The van der Waals surface area contributed by atoms with Crippen LogP contribution in [0.5, 0.6) is 5.75 Å². The van der Waals surface area contributed by atoms with E-state index in [0.29, 0.717) is 18.7 Å². The van der Waals surface area contributed by atoms with Gasteiger partial charge in [-0.25, -0.2) is 0 Å². The molecule has 6 heteroatoms. The van der Waals surface area contributed by atoms with Gasteiger partial charge in [-0.1, -0.05) is 60.7 Å². The minimum absolute atomic E-state index is 0.0709. The van der Waals surface area contributed by atoms with Crippen molar-refractivity contribution in [3.8, 4) is 5.75 Å². The zero-order chi connectivity index (χ0) is 24.0. The first-order chi connectivity index (χ1) is 17.2. The van der Waals surface area contributed by atoms with E-state index in [0.717, 1.165) is 44.0 Å². The van der Waals surface area contributed by atoms with E-state index >= 15 is 0 Å². The van der Waals surface area contributed by atoms with Crippen molar-refractivity contribution in [3.05, 3.63) is 101 Å². The number of piperazine rings is 1. The van der Waals surface area contributed by atoms with Gasteiger partial charge >= 0.3 is 0 Å². The summed E-state index contributed by atoms with van der Waals surface area (Å²) in [5.41, 5.74) is 4.11.